The zero-order valence-corrected chi connectivity index (χ0v) is 12.5. The van der Waals surface area contributed by atoms with Crippen LogP contribution in [0.25, 0.3) is 0 Å². The van der Waals surface area contributed by atoms with Crippen LogP contribution in [0.5, 0.6) is 0 Å². The fourth-order valence-corrected chi connectivity index (χ4v) is 2.39. The molecule has 3 amide bonds. The first-order valence-electron chi connectivity index (χ1n) is 7.57. The molecule has 1 aliphatic heterocycles. The Hall–Kier alpha value is -1.63. The fourth-order valence-electron chi connectivity index (χ4n) is 2.39. The van der Waals surface area contributed by atoms with Crippen LogP contribution in [-0.2, 0) is 14.4 Å². The molecule has 1 aliphatic rings. The quantitative estimate of drug-likeness (QED) is 0.344. The molecule has 1 rings (SSSR count). The lowest BCUT2D eigenvalue weighted by Crippen LogP contribution is -2.48. The van der Waals surface area contributed by atoms with Crippen molar-refractivity contribution in [3.05, 3.63) is 0 Å². The Balaban J connectivity index is 2.60. The van der Waals surface area contributed by atoms with Crippen molar-refractivity contribution in [1.82, 2.24) is 15.7 Å². The normalized spacial score (nSPS) is 20.1. The van der Waals surface area contributed by atoms with Crippen molar-refractivity contribution >= 4 is 18.2 Å². The van der Waals surface area contributed by atoms with Gasteiger partial charge in [0.1, 0.15) is 6.04 Å². The highest BCUT2D eigenvalue weighted by Gasteiger charge is 2.27. The van der Waals surface area contributed by atoms with Crippen molar-refractivity contribution in [3.63, 3.8) is 0 Å². The van der Waals surface area contributed by atoms with E-state index in [2.05, 4.69) is 10.6 Å². The summed E-state index contributed by atoms with van der Waals surface area (Å²) in [4.78, 5) is 34.6. The molecule has 3 N–H and O–H groups in total. The minimum absolute atomic E-state index is 0.0519. The first-order valence-corrected chi connectivity index (χ1v) is 7.57. The van der Waals surface area contributed by atoms with Crippen LogP contribution in [0, 0.1) is 5.92 Å². The zero-order chi connectivity index (χ0) is 15.7. The number of nitrogens with one attached hydrogen (secondary N) is 2. The molecule has 0 aromatic heterocycles. The maximum Gasteiger partial charge on any atom is 0.242 e. The highest BCUT2D eigenvalue weighted by atomic mass is 16.5. The number of hydrogen-bond donors (Lipinski definition) is 3. The third kappa shape index (κ3) is 6.12. The molecule has 1 heterocycles. The molecule has 0 aromatic rings. The van der Waals surface area contributed by atoms with Crippen LogP contribution in [0.3, 0.4) is 0 Å². The van der Waals surface area contributed by atoms with Gasteiger partial charge in [0.25, 0.3) is 0 Å². The number of rotatable bonds is 8. The Morgan fingerprint density at radius 1 is 1.57 bits per heavy atom. The first kappa shape index (κ1) is 17.4. The number of hydroxylamine groups is 2. The van der Waals surface area contributed by atoms with Crippen LogP contribution < -0.4 is 10.6 Å². The van der Waals surface area contributed by atoms with Crippen LogP contribution >= 0.6 is 0 Å². The average molecular weight is 299 g/mol. The number of carbonyl (C=O) groups is 3. The summed E-state index contributed by atoms with van der Waals surface area (Å²) in [5.74, 6) is -0.950. The molecule has 120 valence electrons. The van der Waals surface area contributed by atoms with Gasteiger partial charge in [-0.3, -0.25) is 19.6 Å². The third-order valence-electron chi connectivity index (χ3n) is 3.66. The van der Waals surface area contributed by atoms with Crippen LogP contribution in [0.1, 0.15) is 45.4 Å². The van der Waals surface area contributed by atoms with Crippen molar-refractivity contribution in [3.8, 4) is 0 Å². The molecule has 0 aliphatic carbocycles. The van der Waals surface area contributed by atoms with Gasteiger partial charge in [0.15, 0.2) is 0 Å². The smallest absolute Gasteiger partial charge is 0.242 e. The fraction of sp³-hybridized carbons (Fsp3) is 0.786. The molecule has 0 bridgehead atoms. The summed E-state index contributed by atoms with van der Waals surface area (Å²) >= 11 is 0. The monoisotopic (exact) mass is 299 g/mol. The lowest BCUT2D eigenvalue weighted by Gasteiger charge is -2.22. The van der Waals surface area contributed by atoms with E-state index in [0.717, 1.165) is 25.7 Å². The molecule has 1 fully saturated rings. The maximum atomic E-state index is 12.3. The molecule has 0 radical (unpaired) electrons. The molecule has 2 atom stereocenters. The predicted molar refractivity (Wildman–Crippen MR) is 76.4 cm³/mol. The topological polar surface area (TPSA) is 98.7 Å². The van der Waals surface area contributed by atoms with Gasteiger partial charge in [-0.2, -0.15) is 0 Å². The van der Waals surface area contributed by atoms with Crippen molar-refractivity contribution in [2.75, 3.05) is 13.1 Å². The molecule has 0 spiro atoms. The van der Waals surface area contributed by atoms with E-state index in [1.807, 2.05) is 6.92 Å². The van der Waals surface area contributed by atoms with Gasteiger partial charge >= 0.3 is 0 Å². The van der Waals surface area contributed by atoms with E-state index in [4.69, 9.17) is 0 Å². The van der Waals surface area contributed by atoms with Crippen molar-refractivity contribution in [1.29, 1.82) is 0 Å². The minimum Gasteiger partial charge on any atom is -0.354 e. The first-order chi connectivity index (χ1) is 10.1. The summed E-state index contributed by atoms with van der Waals surface area (Å²) in [6.07, 6.45) is 5.00. The summed E-state index contributed by atoms with van der Waals surface area (Å²) in [5.41, 5.74) is 0. The van der Waals surface area contributed by atoms with E-state index >= 15 is 0 Å². The largest absolute Gasteiger partial charge is 0.354 e. The van der Waals surface area contributed by atoms with Crippen LogP contribution in [0.15, 0.2) is 0 Å². The Kier molecular flexibility index (Phi) is 7.74. The maximum absolute atomic E-state index is 12.3. The highest BCUT2D eigenvalue weighted by Crippen LogP contribution is 2.12. The lowest BCUT2D eigenvalue weighted by atomic mass is 10.00. The molecular weight excluding hydrogens is 274 g/mol. The van der Waals surface area contributed by atoms with E-state index in [-0.39, 0.29) is 24.8 Å². The van der Waals surface area contributed by atoms with Gasteiger partial charge in [0.2, 0.25) is 18.2 Å². The van der Waals surface area contributed by atoms with Crippen molar-refractivity contribution in [2.24, 2.45) is 5.92 Å². The number of amides is 3. The van der Waals surface area contributed by atoms with E-state index in [0.29, 0.717) is 24.4 Å². The Morgan fingerprint density at radius 3 is 3.00 bits per heavy atom. The van der Waals surface area contributed by atoms with Crippen molar-refractivity contribution < 1.29 is 19.6 Å². The molecule has 0 unspecified atom stereocenters. The van der Waals surface area contributed by atoms with Crippen LogP contribution in [0.2, 0.25) is 0 Å². The number of hydrogen-bond acceptors (Lipinski definition) is 4. The summed E-state index contributed by atoms with van der Waals surface area (Å²) in [6, 6.07) is -0.521. The Labute approximate surface area is 125 Å². The number of nitrogens with zero attached hydrogens (tertiary/aromatic N) is 1. The van der Waals surface area contributed by atoms with Gasteiger partial charge < -0.3 is 10.6 Å². The molecule has 7 nitrogen and oxygen atoms in total. The minimum atomic E-state index is -0.521. The van der Waals surface area contributed by atoms with Gasteiger partial charge in [0.05, 0.1) is 12.5 Å². The molecule has 21 heavy (non-hydrogen) atoms. The standard InChI is InChI=1S/C14H25N3O4/c1-2-3-6-11(9-17(21)10-18)13(19)16-12-7-4-5-8-15-14(12)20/h10-12,21H,2-9H2,1H3,(H,15,20)(H,16,19)/t11-,12+/m1/s1. The molecule has 1 saturated heterocycles. The summed E-state index contributed by atoms with van der Waals surface area (Å²) < 4.78 is 0. The van der Waals surface area contributed by atoms with Gasteiger partial charge in [-0.1, -0.05) is 19.8 Å². The lowest BCUT2D eigenvalue weighted by molar-refractivity contribution is -0.155. The van der Waals surface area contributed by atoms with E-state index in [1.54, 1.807) is 0 Å². The number of carbonyl (C=O) groups excluding carboxylic acids is 3. The SMILES string of the molecule is CCCC[C@H](CN(O)C=O)C(=O)N[C@H]1CCCCNC1=O. The second-order valence-electron chi connectivity index (χ2n) is 5.41. The van der Waals surface area contributed by atoms with Gasteiger partial charge in [-0.15, -0.1) is 0 Å². The van der Waals surface area contributed by atoms with E-state index in [9.17, 15) is 19.6 Å². The summed E-state index contributed by atoms with van der Waals surface area (Å²) in [7, 11) is 0. The second-order valence-corrected chi connectivity index (χ2v) is 5.41. The van der Waals surface area contributed by atoms with Crippen LogP contribution in [-0.4, -0.2) is 47.6 Å². The predicted octanol–water partition coefficient (Wildman–Crippen LogP) is 0.425. The van der Waals surface area contributed by atoms with E-state index in [1.165, 1.54) is 0 Å². The van der Waals surface area contributed by atoms with Gasteiger partial charge in [-0.05, 0) is 25.7 Å². The Bertz CT molecular complexity index is 362. The molecule has 7 heteroatoms. The third-order valence-corrected chi connectivity index (χ3v) is 3.66. The molecular formula is C14H25N3O4. The Morgan fingerprint density at radius 2 is 2.33 bits per heavy atom. The van der Waals surface area contributed by atoms with Gasteiger partial charge in [0, 0.05) is 6.54 Å². The summed E-state index contributed by atoms with van der Waals surface area (Å²) in [6.45, 7) is 2.59. The molecule has 0 saturated carbocycles. The number of unbranched alkanes of at least 4 members (excludes halogenated alkanes) is 1. The second kappa shape index (κ2) is 9.33. The van der Waals surface area contributed by atoms with Crippen molar-refractivity contribution in [2.45, 2.75) is 51.5 Å². The zero-order valence-electron chi connectivity index (χ0n) is 12.5. The molecule has 0 aromatic carbocycles. The van der Waals surface area contributed by atoms with Crippen LogP contribution in [0.4, 0.5) is 0 Å². The van der Waals surface area contributed by atoms with Gasteiger partial charge in [-0.25, -0.2) is 5.06 Å². The average Bonchev–Trinajstić information content (AvgIpc) is 2.68. The van der Waals surface area contributed by atoms with E-state index < -0.39 is 12.0 Å². The highest BCUT2D eigenvalue weighted by molar-refractivity contribution is 5.88. The summed E-state index contributed by atoms with van der Waals surface area (Å²) in [5, 5.41) is 15.3.